The highest BCUT2D eigenvalue weighted by Crippen LogP contribution is 2.43. The lowest BCUT2D eigenvalue weighted by molar-refractivity contribution is -0.139. The van der Waals surface area contributed by atoms with Crippen LogP contribution in [0.5, 0.6) is 0 Å². The molecule has 9 heteroatoms. The molecule has 1 unspecified atom stereocenters. The van der Waals surface area contributed by atoms with Crippen LogP contribution in [0.1, 0.15) is 6.42 Å². The maximum atomic E-state index is 10.9. The van der Waals surface area contributed by atoms with E-state index in [9.17, 15) is 14.2 Å². The van der Waals surface area contributed by atoms with E-state index in [0.717, 1.165) is 0 Å². The number of phosphoric ester groups is 1. The molecule has 0 aromatic rings. The Bertz CT molecular complexity index is 335. The monoisotopic (exact) mass is 254 g/mol. The summed E-state index contributed by atoms with van der Waals surface area (Å²) in [7, 11) is -4.60. The van der Waals surface area contributed by atoms with Gasteiger partial charge in [-0.25, -0.2) is 9.36 Å². The molecule has 0 bridgehead atoms. The van der Waals surface area contributed by atoms with Crippen molar-refractivity contribution < 1.29 is 38.3 Å². The van der Waals surface area contributed by atoms with Crippen molar-refractivity contribution in [3.8, 4) is 0 Å². The Morgan fingerprint density at radius 3 is 2.38 bits per heavy atom. The van der Waals surface area contributed by atoms with Crippen molar-refractivity contribution in [3.63, 3.8) is 0 Å². The average molecular weight is 254 g/mol. The van der Waals surface area contributed by atoms with Crippen LogP contribution in [0, 0.1) is 0 Å². The Hall–Kier alpha value is -1.21. The number of rotatable bonds is 7. The van der Waals surface area contributed by atoms with Crippen LogP contribution in [0.2, 0.25) is 0 Å². The van der Waals surface area contributed by atoms with E-state index >= 15 is 0 Å². The van der Waals surface area contributed by atoms with Crippen LogP contribution in [0.4, 0.5) is 0 Å². The fraction of sp³-hybridized carbons (Fsp3) is 0.429. The molecule has 16 heavy (non-hydrogen) atoms. The van der Waals surface area contributed by atoms with Gasteiger partial charge < -0.3 is 14.7 Å². The number of carboxylic acid groups (broad SMARTS) is 1. The van der Waals surface area contributed by atoms with Gasteiger partial charge in [0.2, 0.25) is 0 Å². The molecular weight excluding hydrogens is 243 g/mol. The van der Waals surface area contributed by atoms with Crippen LogP contribution in [0.15, 0.2) is 12.2 Å². The summed E-state index contributed by atoms with van der Waals surface area (Å²) in [6.07, 6.45) is -0.734. The molecule has 0 saturated carbocycles. The lowest BCUT2D eigenvalue weighted by atomic mass is 10.2. The Morgan fingerprint density at radius 1 is 1.38 bits per heavy atom. The largest absolute Gasteiger partial charge is 0.529 e. The molecule has 0 amide bonds. The second-order valence-electron chi connectivity index (χ2n) is 2.57. The highest BCUT2D eigenvalue weighted by Gasteiger charge is 2.26. The first-order valence-corrected chi connectivity index (χ1v) is 5.49. The lowest BCUT2D eigenvalue weighted by Gasteiger charge is -2.10. The Labute approximate surface area is 90.7 Å². The highest BCUT2D eigenvalue weighted by molar-refractivity contribution is 7.48. The van der Waals surface area contributed by atoms with Crippen LogP contribution in [0.3, 0.4) is 0 Å². The number of aliphatic hydroxyl groups is 1. The number of phosphoric acid groups is 1. The molecule has 0 aromatic carbocycles. The van der Waals surface area contributed by atoms with Crippen molar-refractivity contribution in [2.24, 2.45) is 0 Å². The van der Waals surface area contributed by atoms with Crippen molar-refractivity contribution in [2.45, 2.75) is 6.42 Å². The second-order valence-corrected chi connectivity index (χ2v) is 3.95. The van der Waals surface area contributed by atoms with Crippen LogP contribution in [-0.4, -0.2) is 40.3 Å². The molecule has 0 radical (unpaired) electrons. The quantitative estimate of drug-likeness (QED) is 0.415. The van der Waals surface area contributed by atoms with Gasteiger partial charge in [0.05, 0.1) is 19.6 Å². The number of hydrogen-bond acceptors (Lipinski definition) is 6. The zero-order valence-corrected chi connectivity index (χ0v) is 9.05. The van der Waals surface area contributed by atoms with Gasteiger partial charge in [-0.15, -0.1) is 0 Å². The van der Waals surface area contributed by atoms with Gasteiger partial charge in [0.25, 0.3) is 0 Å². The van der Waals surface area contributed by atoms with Crippen molar-refractivity contribution in [1.29, 1.82) is 0 Å². The second kappa shape index (κ2) is 6.39. The zero-order valence-electron chi connectivity index (χ0n) is 8.16. The van der Waals surface area contributed by atoms with Crippen molar-refractivity contribution in [3.05, 3.63) is 12.2 Å². The molecule has 0 spiro atoms. The van der Waals surface area contributed by atoms with E-state index in [1.54, 1.807) is 0 Å². The number of aliphatic hydroxyl groups excluding tert-OH is 1. The van der Waals surface area contributed by atoms with Crippen LogP contribution < -0.4 is 0 Å². The number of carbonyl (C=O) groups is 2. The highest BCUT2D eigenvalue weighted by atomic mass is 31.2. The molecule has 0 rings (SSSR count). The SMILES string of the molecule is C=C(CC(=O)OP(=O)(O)OCCO)C(=O)O. The van der Waals surface area contributed by atoms with E-state index in [-0.39, 0.29) is 0 Å². The molecule has 0 heterocycles. The van der Waals surface area contributed by atoms with Crippen molar-refractivity contribution in [2.75, 3.05) is 13.2 Å². The van der Waals surface area contributed by atoms with E-state index in [1.807, 2.05) is 0 Å². The molecule has 0 saturated heterocycles. The molecular formula is C7H11O8P. The molecule has 0 aliphatic heterocycles. The maximum Gasteiger partial charge on any atom is 0.529 e. The van der Waals surface area contributed by atoms with E-state index in [1.165, 1.54) is 0 Å². The Morgan fingerprint density at radius 2 is 1.94 bits per heavy atom. The number of carboxylic acids is 1. The minimum Gasteiger partial charge on any atom is -0.478 e. The molecule has 92 valence electrons. The number of aliphatic carboxylic acids is 1. The zero-order chi connectivity index (χ0) is 12.8. The van der Waals surface area contributed by atoms with Crippen molar-refractivity contribution in [1.82, 2.24) is 0 Å². The van der Waals surface area contributed by atoms with Gasteiger partial charge in [0, 0.05) is 5.57 Å². The third kappa shape index (κ3) is 6.31. The Balaban J connectivity index is 4.18. The number of carbonyl (C=O) groups excluding carboxylic acids is 1. The smallest absolute Gasteiger partial charge is 0.478 e. The topological polar surface area (TPSA) is 130 Å². The van der Waals surface area contributed by atoms with E-state index in [4.69, 9.17) is 15.1 Å². The van der Waals surface area contributed by atoms with E-state index in [0.29, 0.717) is 0 Å². The fourth-order valence-electron chi connectivity index (χ4n) is 0.593. The third-order valence-corrected chi connectivity index (χ3v) is 2.17. The van der Waals surface area contributed by atoms with Gasteiger partial charge in [0.15, 0.2) is 0 Å². The first-order valence-electron chi connectivity index (χ1n) is 4.00. The first-order chi connectivity index (χ1) is 7.28. The molecule has 3 N–H and O–H groups in total. The van der Waals surface area contributed by atoms with Gasteiger partial charge in [-0.1, -0.05) is 6.58 Å². The maximum absolute atomic E-state index is 10.9. The molecule has 1 atom stereocenters. The van der Waals surface area contributed by atoms with Crippen LogP contribution >= 0.6 is 7.82 Å². The summed E-state index contributed by atoms with van der Waals surface area (Å²) in [6.45, 7) is 2.02. The summed E-state index contributed by atoms with van der Waals surface area (Å²) >= 11 is 0. The summed E-state index contributed by atoms with van der Waals surface area (Å²) in [5.41, 5.74) is -0.479. The summed E-state index contributed by atoms with van der Waals surface area (Å²) in [5, 5.41) is 16.7. The van der Waals surface area contributed by atoms with Gasteiger partial charge in [0.1, 0.15) is 0 Å². The Kier molecular flexibility index (Phi) is 5.91. The van der Waals surface area contributed by atoms with Crippen LogP contribution in [-0.2, 0) is 23.2 Å². The van der Waals surface area contributed by atoms with Crippen molar-refractivity contribution >= 4 is 19.8 Å². The van der Waals surface area contributed by atoms with E-state index < -0.39 is 45.0 Å². The normalized spacial score (nSPS) is 13.9. The van der Waals surface area contributed by atoms with Gasteiger partial charge >= 0.3 is 19.8 Å². The first kappa shape index (κ1) is 14.8. The molecule has 0 aliphatic carbocycles. The molecule has 0 aliphatic rings. The predicted octanol–water partition coefficient (Wildman–Crippen LogP) is -0.330. The van der Waals surface area contributed by atoms with Gasteiger partial charge in [-0.3, -0.25) is 14.2 Å². The summed E-state index contributed by atoms with van der Waals surface area (Å²) in [5.74, 6) is -2.67. The molecule has 0 fully saturated rings. The average Bonchev–Trinajstić information content (AvgIpc) is 2.13. The summed E-state index contributed by atoms with van der Waals surface area (Å²) in [6, 6.07) is 0. The standard InChI is InChI=1S/C7H11O8P/c1-5(7(10)11)4-6(9)15-16(12,13)14-3-2-8/h8H,1-4H2,(H,10,11)(H,12,13). The predicted molar refractivity (Wildman–Crippen MR) is 50.3 cm³/mol. The third-order valence-electron chi connectivity index (χ3n) is 1.22. The molecule has 0 aromatic heterocycles. The summed E-state index contributed by atoms with van der Waals surface area (Å²) < 4.78 is 19.0. The minimum absolute atomic E-state index is 0.479. The van der Waals surface area contributed by atoms with Crippen LogP contribution in [0.25, 0.3) is 0 Å². The lowest BCUT2D eigenvalue weighted by Crippen LogP contribution is -2.10. The number of hydrogen-bond donors (Lipinski definition) is 3. The fourth-order valence-corrected chi connectivity index (χ4v) is 1.28. The molecule has 8 nitrogen and oxygen atoms in total. The summed E-state index contributed by atoms with van der Waals surface area (Å²) in [4.78, 5) is 30.1. The van der Waals surface area contributed by atoms with Gasteiger partial charge in [-0.05, 0) is 0 Å². The minimum atomic E-state index is -4.60. The van der Waals surface area contributed by atoms with Gasteiger partial charge in [-0.2, -0.15) is 0 Å². The van der Waals surface area contributed by atoms with E-state index in [2.05, 4.69) is 15.6 Å².